The minimum atomic E-state index is -1.75. The molecule has 0 saturated carbocycles. The summed E-state index contributed by atoms with van der Waals surface area (Å²) >= 11 is 3.37. The number of aromatic nitrogens is 3. The number of amides is 2. The first-order valence-electron chi connectivity index (χ1n) is 11.0. The molecule has 7 N–H and O–H groups in total. The van der Waals surface area contributed by atoms with Crippen LogP contribution < -0.4 is 16.8 Å². The van der Waals surface area contributed by atoms with E-state index in [1.54, 1.807) is 0 Å². The van der Waals surface area contributed by atoms with E-state index < -0.39 is 40.8 Å². The fourth-order valence-corrected chi connectivity index (χ4v) is 6.36. The summed E-state index contributed by atoms with van der Waals surface area (Å²) in [7, 11) is 0. The molecule has 2 unspecified atom stereocenters. The summed E-state index contributed by atoms with van der Waals surface area (Å²) in [4.78, 5) is 68.2. The first-order chi connectivity index (χ1) is 18.4. The van der Waals surface area contributed by atoms with Gasteiger partial charge in [0.1, 0.15) is 22.9 Å². The number of thioether (sulfide) groups is 2. The van der Waals surface area contributed by atoms with Crippen LogP contribution in [-0.4, -0.2) is 88.1 Å². The minimum absolute atomic E-state index is 0.127. The zero-order chi connectivity index (χ0) is 28.5. The van der Waals surface area contributed by atoms with E-state index in [1.807, 2.05) is 0 Å². The summed E-state index contributed by atoms with van der Waals surface area (Å²) < 4.78 is 0. The lowest BCUT2D eigenvalue weighted by Crippen LogP contribution is -2.71. The predicted molar refractivity (Wildman–Crippen MR) is 143 cm³/mol. The molecule has 4 heterocycles. The third-order valence-corrected chi connectivity index (χ3v) is 8.54. The molecule has 206 valence electrons. The van der Waals surface area contributed by atoms with E-state index in [9.17, 15) is 29.4 Å². The summed E-state index contributed by atoms with van der Waals surface area (Å²) in [5.41, 5.74) is 9.57. The molecule has 2 aromatic rings. The summed E-state index contributed by atoms with van der Waals surface area (Å²) in [6, 6.07) is 0.464. The second-order valence-electron chi connectivity index (χ2n) is 8.58. The lowest BCUT2D eigenvalue weighted by Gasteiger charge is -2.49. The number of aliphatic carboxylic acids is 2. The van der Waals surface area contributed by atoms with Crippen LogP contribution in [0.2, 0.25) is 0 Å². The molecular formula is C21H22N8O7S3. The van der Waals surface area contributed by atoms with Crippen LogP contribution >= 0.6 is 34.9 Å². The average Bonchev–Trinajstić information content (AvgIpc) is 3.30. The monoisotopic (exact) mass is 594 g/mol. The highest BCUT2D eigenvalue weighted by atomic mass is 32.2. The van der Waals surface area contributed by atoms with E-state index in [2.05, 4.69) is 25.4 Å². The number of carbonyl (C=O) groups is 4. The number of thiazole rings is 1. The summed E-state index contributed by atoms with van der Waals surface area (Å²) in [6.45, 7) is 2.49. The number of hydrogen-bond acceptors (Lipinski definition) is 14. The molecule has 0 radical (unpaired) electrons. The van der Waals surface area contributed by atoms with Gasteiger partial charge in [0.2, 0.25) is 5.60 Å². The highest BCUT2D eigenvalue weighted by Gasteiger charge is 2.54. The normalized spacial score (nSPS) is 19.3. The van der Waals surface area contributed by atoms with Crippen molar-refractivity contribution in [1.29, 1.82) is 0 Å². The third kappa shape index (κ3) is 5.91. The fourth-order valence-electron chi connectivity index (χ4n) is 3.37. The Kier molecular flexibility index (Phi) is 7.98. The topological polar surface area (TPSA) is 236 Å². The molecule has 2 aliphatic heterocycles. The number of fused-ring (bicyclic) bond motifs is 1. The number of nitrogens with zero attached hydrogens (tertiary/aromatic N) is 5. The van der Waals surface area contributed by atoms with Crippen LogP contribution in [-0.2, 0) is 24.0 Å². The number of hydrogen-bond donors (Lipinski definition) is 5. The molecule has 2 aromatic heterocycles. The van der Waals surface area contributed by atoms with Gasteiger partial charge in [-0.1, -0.05) is 28.3 Å². The highest BCUT2D eigenvalue weighted by Crippen LogP contribution is 2.41. The Morgan fingerprint density at radius 1 is 1.31 bits per heavy atom. The van der Waals surface area contributed by atoms with Crippen molar-refractivity contribution in [2.45, 2.75) is 36.0 Å². The smallest absolute Gasteiger partial charge is 0.352 e. The molecule has 0 spiro atoms. The van der Waals surface area contributed by atoms with Crippen molar-refractivity contribution in [3.05, 3.63) is 34.6 Å². The predicted octanol–water partition coefficient (Wildman–Crippen LogP) is 0.212. The van der Waals surface area contributed by atoms with Gasteiger partial charge >= 0.3 is 11.9 Å². The molecule has 0 aromatic carbocycles. The van der Waals surface area contributed by atoms with Gasteiger partial charge in [-0.25, -0.2) is 24.5 Å². The van der Waals surface area contributed by atoms with E-state index in [4.69, 9.17) is 16.3 Å². The van der Waals surface area contributed by atoms with Crippen molar-refractivity contribution >= 4 is 75.3 Å². The second kappa shape index (κ2) is 11.1. The summed E-state index contributed by atoms with van der Waals surface area (Å²) in [6.07, 6.45) is 2.75. The van der Waals surface area contributed by atoms with Crippen molar-refractivity contribution in [2.75, 3.05) is 23.0 Å². The van der Waals surface area contributed by atoms with E-state index in [0.717, 1.165) is 16.2 Å². The Labute approximate surface area is 233 Å². The second-order valence-corrected chi connectivity index (χ2v) is 11.7. The first-order valence-corrected chi connectivity index (χ1v) is 13.9. The molecule has 1 saturated heterocycles. The van der Waals surface area contributed by atoms with Crippen molar-refractivity contribution in [3.63, 3.8) is 0 Å². The van der Waals surface area contributed by atoms with Crippen molar-refractivity contribution in [1.82, 2.24) is 25.2 Å². The maximum Gasteiger partial charge on any atom is 0.352 e. The minimum Gasteiger partial charge on any atom is -0.478 e. The van der Waals surface area contributed by atoms with Gasteiger partial charge in [-0.15, -0.1) is 11.8 Å². The number of nitrogens with two attached hydrogens (primary N) is 2. The molecule has 0 bridgehead atoms. The van der Waals surface area contributed by atoms with E-state index >= 15 is 0 Å². The van der Waals surface area contributed by atoms with Crippen LogP contribution in [0.25, 0.3) is 0 Å². The van der Waals surface area contributed by atoms with Gasteiger partial charge in [0, 0.05) is 23.9 Å². The Balaban J connectivity index is 1.52. The van der Waals surface area contributed by atoms with Gasteiger partial charge < -0.3 is 31.8 Å². The Morgan fingerprint density at radius 3 is 2.67 bits per heavy atom. The largest absolute Gasteiger partial charge is 0.478 e. The number of carboxylic acids is 2. The Bertz CT molecular complexity index is 1410. The molecule has 2 amide bonds. The molecule has 2 aliphatic rings. The zero-order valence-corrected chi connectivity index (χ0v) is 22.8. The summed E-state index contributed by atoms with van der Waals surface area (Å²) in [5, 5.41) is 25.3. The van der Waals surface area contributed by atoms with Crippen molar-refractivity contribution < 1.29 is 34.2 Å². The molecule has 4 rings (SSSR count). The Hall–Kier alpha value is -3.90. The average molecular weight is 595 g/mol. The molecule has 18 heteroatoms. The lowest BCUT2D eigenvalue weighted by atomic mass is 10.0. The first kappa shape index (κ1) is 28.1. The van der Waals surface area contributed by atoms with Crippen LogP contribution in [0.15, 0.2) is 40.0 Å². The van der Waals surface area contributed by atoms with Gasteiger partial charge in [0.05, 0.1) is 4.88 Å². The maximum atomic E-state index is 13.2. The SMILES string of the molecule is CC(C)(O/N=C(\C(=O)NC1C(=O)N2C(C(=O)O)=C(CSc3nccc(N)n3)CSC12)c1cnc(N)s1)C(=O)O. The number of oxime groups is 1. The Morgan fingerprint density at radius 2 is 2.05 bits per heavy atom. The number of carbonyl (C=O) groups excluding carboxylic acids is 2. The van der Waals surface area contributed by atoms with Crippen LogP contribution in [0.3, 0.4) is 0 Å². The number of nitrogen functional groups attached to an aromatic ring is 2. The van der Waals surface area contributed by atoms with Crippen LogP contribution in [0.4, 0.5) is 10.9 Å². The standard InChI is InChI=1S/C21H22N8O7S3/c1-21(2,18(34)35)36-28-11(9-5-25-19(23)39-9)14(30)27-12-15(31)29-13(17(32)33)8(6-37-16(12)29)7-38-20-24-4-3-10(22)26-20/h3-5,12,16H,6-7H2,1-2H3,(H2,23,25)(H,27,30)(H,32,33)(H,34,35)(H2,22,24,26)/b28-11-. The summed E-state index contributed by atoms with van der Waals surface area (Å²) in [5.74, 6) is -3.31. The number of rotatable bonds is 10. The van der Waals surface area contributed by atoms with Gasteiger partial charge in [-0.3, -0.25) is 14.5 Å². The number of β-lactam (4-membered cyclic amide) rings is 1. The van der Waals surface area contributed by atoms with E-state index in [0.29, 0.717) is 10.7 Å². The molecular weight excluding hydrogens is 572 g/mol. The van der Waals surface area contributed by atoms with Crippen molar-refractivity contribution in [3.8, 4) is 0 Å². The molecule has 2 atom stereocenters. The fraction of sp³-hybridized carbons (Fsp3) is 0.333. The number of anilines is 2. The van der Waals surface area contributed by atoms with Gasteiger partial charge in [-0.05, 0) is 25.5 Å². The van der Waals surface area contributed by atoms with Crippen molar-refractivity contribution in [2.24, 2.45) is 5.16 Å². The highest BCUT2D eigenvalue weighted by molar-refractivity contribution is 8.01. The van der Waals surface area contributed by atoms with Gasteiger partial charge in [0.15, 0.2) is 16.0 Å². The molecule has 15 nitrogen and oxygen atoms in total. The van der Waals surface area contributed by atoms with Crippen LogP contribution in [0, 0.1) is 0 Å². The van der Waals surface area contributed by atoms with E-state index in [1.165, 1.54) is 55.8 Å². The third-order valence-electron chi connectivity index (χ3n) is 5.42. The van der Waals surface area contributed by atoms with Crippen LogP contribution in [0.1, 0.15) is 18.7 Å². The van der Waals surface area contributed by atoms with Gasteiger partial charge in [0.25, 0.3) is 11.8 Å². The quantitative estimate of drug-likeness (QED) is 0.0813. The molecule has 1 fully saturated rings. The number of nitrogens with one attached hydrogen (secondary N) is 1. The van der Waals surface area contributed by atoms with E-state index in [-0.39, 0.29) is 38.7 Å². The van der Waals surface area contributed by atoms with Gasteiger partial charge in [-0.2, -0.15) is 0 Å². The molecule has 39 heavy (non-hydrogen) atoms. The molecule has 0 aliphatic carbocycles. The maximum absolute atomic E-state index is 13.2. The lowest BCUT2D eigenvalue weighted by molar-refractivity contribution is -0.161. The van der Waals surface area contributed by atoms with Crippen LogP contribution in [0.5, 0.6) is 0 Å². The zero-order valence-electron chi connectivity index (χ0n) is 20.4. The number of carboxylic acid groups (broad SMARTS) is 2.